The highest BCUT2D eigenvalue weighted by molar-refractivity contribution is 5.99. The van der Waals surface area contributed by atoms with Gasteiger partial charge in [-0.25, -0.2) is 0 Å². The molecule has 5 nitrogen and oxygen atoms in total. The Balaban J connectivity index is 1.52. The van der Waals surface area contributed by atoms with Crippen molar-refractivity contribution in [1.82, 2.24) is 9.88 Å². The molecule has 2 heterocycles. The van der Waals surface area contributed by atoms with E-state index in [1.54, 1.807) is 7.11 Å². The lowest BCUT2D eigenvalue weighted by Gasteiger charge is -2.26. The number of benzene rings is 2. The van der Waals surface area contributed by atoms with Gasteiger partial charge in [0.05, 0.1) is 13.7 Å². The highest BCUT2D eigenvalue weighted by Gasteiger charge is 2.22. The van der Waals surface area contributed by atoms with Crippen LogP contribution in [-0.4, -0.2) is 30.7 Å². The Kier molecular flexibility index (Phi) is 4.39. The van der Waals surface area contributed by atoms with Gasteiger partial charge >= 0.3 is 0 Å². The van der Waals surface area contributed by atoms with Crippen molar-refractivity contribution in [2.75, 3.05) is 20.3 Å². The molecule has 3 aromatic rings. The number of nitrogens with zero attached hydrogens (tertiary/aromatic N) is 1. The van der Waals surface area contributed by atoms with Gasteiger partial charge in [-0.3, -0.25) is 4.79 Å². The van der Waals surface area contributed by atoms with Gasteiger partial charge in [0.15, 0.2) is 0 Å². The molecule has 2 aromatic carbocycles. The normalized spacial score (nSPS) is 16.3. The Morgan fingerprint density at radius 3 is 2.96 bits per heavy atom. The summed E-state index contributed by atoms with van der Waals surface area (Å²) >= 11 is 0. The minimum absolute atomic E-state index is 0.0984. The molecule has 134 valence electrons. The molecule has 1 aliphatic heterocycles. The zero-order valence-corrected chi connectivity index (χ0v) is 15.0. The zero-order chi connectivity index (χ0) is 18.1. The summed E-state index contributed by atoms with van der Waals surface area (Å²) in [6.07, 6.45) is 0.824. The second kappa shape index (κ2) is 6.84. The number of rotatable bonds is 4. The van der Waals surface area contributed by atoms with Crippen molar-refractivity contribution in [2.24, 2.45) is 7.05 Å². The van der Waals surface area contributed by atoms with Gasteiger partial charge in [0, 0.05) is 24.5 Å². The van der Waals surface area contributed by atoms with Crippen LogP contribution in [0.25, 0.3) is 10.9 Å². The van der Waals surface area contributed by atoms with E-state index in [2.05, 4.69) is 17.4 Å². The molecule has 0 radical (unpaired) electrons. The van der Waals surface area contributed by atoms with Gasteiger partial charge in [-0.1, -0.05) is 24.3 Å². The van der Waals surface area contributed by atoms with E-state index in [1.807, 2.05) is 48.0 Å². The number of carbonyl (C=O) groups excluding carboxylic acids is 1. The van der Waals surface area contributed by atoms with Crippen LogP contribution in [0.15, 0.2) is 48.5 Å². The maximum atomic E-state index is 12.7. The fourth-order valence-electron chi connectivity index (χ4n) is 3.59. The van der Waals surface area contributed by atoms with Crippen LogP contribution in [-0.2, 0) is 18.2 Å². The van der Waals surface area contributed by atoms with Crippen LogP contribution in [0.3, 0.4) is 0 Å². The lowest BCUT2D eigenvalue weighted by Crippen LogP contribution is -2.32. The molecule has 0 aliphatic carbocycles. The number of aryl methyl sites for hydroxylation is 1. The number of nitrogens with one attached hydrogen (secondary N) is 1. The predicted octanol–water partition coefficient (Wildman–Crippen LogP) is 3.23. The van der Waals surface area contributed by atoms with Gasteiger partial charge in [0.2, 0.25) is 0 Å². The maximum Gasteiger partial charge on any atom is 0.268 e. The van der Waals surface area contributed by atoms with E-state index in [0.29, 0.717) is 18.8 Å². The largest absolute Gasteiger partial charge is 0.497 e. The fourth-order valence-corrected chi connectivity index (χ4v) is 3.59. The van der Waals surface area contributed by atoms with E-state index in [-0.39, 0.29) is 12.0 Å². The number of ether oxygens (including phenoxy) is 2. The van der Waals surface area contributed by atoms with Gasteiger partial charge in [0.1, 0.15) is 17.5 Å². The van der Waals surface area contributed by atoms with E-state index in [4.69, 9.17) is 9.47 Å². The van der Waals surface area contributed by atoms with E-state index >= 15 is 0 Å². The number of amides is 1. The van der Waals surface area contributed by atoms with Crippen molar-refractivity contribution in [3.05, 3.63) is 65.4 Å². The first-order valence-corrected chi connectivity index (χ1v) is 8.78. The molecule has 4 rings (SSSR count). The molecular formula is C21H22N2O3. The molecule has 1 aromatic heterocycles. The molecule has 5 heteroatoms. The van der Waals surface area contributed by atoms with E-state index < -0.39 is 0 Å². The van der Waals surface area contributed by atoms with Crippen molar-refractivity contribution in [3.63, 3.8) is 0 Å². The minimum Gasteiger partial charge on any atom is -0.497 e. The van der Waals surface area contributed by atoms with Gasteiger partial charge < -0.3 is 19.4 Å². The summed E-state index contributed by atoms with van der Waals surface area (Å²) < 4.78 is 13.0. The summed E-state index contributed by atoms with van der Waals surface area (Å²) in [7, 11) is 3.54. The van der Waals surface area contributed by atoms with Gasteiger partial charge in [-0.15, -0.1) is 0 Å². The van der Waals surface area contributed by atoms with Crippen molar-refractivity contribution in [2.45, 2.75) is 12.5 Å². The highest BCUT2D eigenvalue weighted by atomic mass is 16.5. The molecule has 1 amide bonds. The molecule has 0 saturated heterocycles. The Morgan fingerprint density at radius 2 is 2.12 bits per heavy atom. The van der Waals surface area contributed by atoms with Gasteiger partial charge in [-0.05, 0) is 41.8 Å². The zero-order valence-electron chi connectivity index (χ0n) is 15.0. The van der Waals surface area contributed by atoms with Crippen molar-refractivity contribution < 1.29 is 14.3 Å². The van der Waals surface area contributed by atoms with Crippen LogP contribution in [0, 0.1) is 0 Å². The first-order valence-electron chi connectivity index (χ1n) is 8.78. The summed E-state index contributed by atoms with van der Waals surface area (Å²) in [5.41, 5.74) is 4.09. The first-order chi connectivity index (χ1) is 12.7. The quantitative estimate of drug-likeness (QED) is 0.786. The average molecular weight is 350 g/mol. The number of methoxy groups -OCH3 is 1. The second-order valence-corrected chi connectivity index (χ2v) is 6.53. The molecule has 0 saturated carbocycles. The topological polar surface area (TPSA) is 52.5 Å². The third kappa shape index (κ3) is 2.95. The standard InChI is InChI=1S/C21H22N2O3/c1-23-18-8-7-16(25-2)11-15(18)12-19(23)21(24)22-13-20-17-6-4-3-5-14(17)9-10-26-20/h3-8,11-12,20H,9-10,13H2,1-2H3,(H,22,24)/t20-/m0/s1. The van der Waals surface area contributed by atoms with E-state index in [9.17, 15) is 4.79 Å². The van der Waals surface area contributed by atoms with Crippen LogP contribution in [0.2, 0.25) is 0 Å². The lowest BCUT2D eigenvalue weighted by atomic mass is 9.97. The Bertz CT molecular complexity index is 961. The highest BCUT2D eigenvalue weighted by Crippen LogP contribution is 2.27. The number of hydrogen-bond donors (Lipinski definition) is 1. The van der Waals surface area contributed by atoms with Crippen molar-refractivity contribution >= 4 is 16.8 Å². The SMILES string of the molecule is COc1ccc2c(c1)cc(C(=O)NC[C@@H]1OCCc3ccccc31)n2C. The molecule has 26 heavy (non-hydrogen) atoms. The molecule has 0 spiro atoms. The average Bonchev–Trinajstić information content (AvgIpc) is 3.02. The van der Waals surface area contributed by atoms with E-state index in [0.717, 1.165) is 23.1 Å². The smallest absolute Gasteiger partial charge is 0.268 e. The summed E-state index contributed by atoms with van der Waals surface area (Å²) in [5, 5.41) is 4.01. The summed E-state index contributed by atoms with van der Waals surface area (Å²) in [6.45, 7) is 1.14. The van der Waals surface area contributed by atoms with Crippen LogP contribution < -0.4 is 10.1 Å². The monoisotopic (exact) mass is 350 g/mol. The first kappa shape index (κ1) is 16.7. The molecule has 0 unspecified atom stereocenters. The Morgan fingerprint density at radius 1 is 1.27 bits per heavy atom. The predicted molar refractivity (Wildman–Crippen MR) is 101 cm³/mol. The van der Waals surface area contributed by atoms with Crippen LogP contribution in [0.1, 0.15) is 27.7 Å². The molecule has 1 N–H and O–H groups in total. The summed E-state index contributed by atoms with van der Waals surface area (Å²) in [4.78, 5) is 12.7. The Hall–Kier alpha value is -2.79. The molecular weight excluding hydrogens is 328 g/mol. The van der Waals surface area contributed by atoms with Gasteiger partial charge in [0.25, 0.3) is 5.91 Å². The Labute approximate surface area is 152 Å². The molecule has 1 aliphatic rings. The third-order valence-electron chi connectivity index (χ3n) is 5.02. The minimum atomic E-state index is -0.102. The fraction of sp³-hybridized carbons (Fsp3) is 0.286. The maximum absolute atomic E-state index is 12.7. The second-order valence-electron chi connectivity index (χ2n) is 6.53. The number of hydrogen-bond acceptors (Lipinski definition) is 3. The lowest BCUT2D eigenvalue weighted by molar-refractivity contribution is 0.0410. The number of aromatic nitrogens is 1. The summed E-state index contributed by atoms with van der Waals surface area (Å²) in [5.74, 6) is 0.677. The van der Waals surface area contributed by atoms with Crippen molar-refractivity contribution in [1.29, 1.82) is 0 Å². The molecule has 1 atom stereocenters. The van der Waals surface area contributed by atoms with Crippen LogP contribution >= 0.6 is 0 Å². The van der Waals surface area contributed by atoms with Crippen LogP contribution in [0.4, 0.5) is 0 Å². The summed E-state index contributed by atoms with van der Waals surface area (Å²) in [6, 6.07) is 16.0. The van der Waals surface area contributed by atoms with Crippen LogP contribution in [0.5, 0.6) is 5.75 Å². The number of fused-ring (bicyclic) bond motifs is 2. The molecule has 0 fully saturated rings. The van der Waals surface area contributed by atoms with E-state index in [1.165, 1.54) is 11.1 Å². The third-order valence-corrected chi connectivity index (χ3v) is 5.02. The van der Waals surface area contributed by atoms with Crippen molar-refractivity contribution in [3.8, 4) is 5.75 Å². The van der Waals surface area contributed by atoms with Gasteiger partial charge in [-0.2, -0.15) is 0 Å². The number of carbonyl (C=O) groups is 1. The molecule has 0 bridgehead atoms.